The van der Waals surface area contributed by atoms with Crippen LogP contribution in [0.15, 0.2) is 46.4 Å². The van der Waals surface area contributed by atoms with Crippen LogP contribution in [0.25, 0.3) is 22.0 Å². The van der Waals surface area contributed by atoms with Crippen molar-refractivity contribution in [1.82, 2.24) is 4.98 Å². The Morgan fingerprint density at radius 1 is 1.35 bits per heavy atom. The van der Waals surface area contributed by atoms with Gasteiger partial charge in [-0.2, -0.15) is 0 Å². The summed E-state index contributed by atoms with van der Waals surface area (Å²) in [6.07, 6.45) is 1.30. The Hall–Kier alpha value is -2.60. The summed E-state index contributed by atoms with van der Waals surface area (Å²) in [5, 5.41) is 12.3. The van der Waals surface area contributed by atoms with E-state index in [0.717, 1.165) is 0 Å². The van der Waals surface area contributed by atoms with Crippen LogP contribution in [0.5, 0.6) is 5.75 Å². The SMILES string of the molecule is NC(=O)c1coc(-c2csc(-c3ccccc3O)n2)c1. The molecule has 0 bridgehead atoms. The van der Waals surface area contributed by atoms with Gasteiger partial charge in [0.15, 0.2) is 5.76 Å². The molecule has 0 saturated heterocycles. The van der Waals surface area contributed by atoms with Crippen LogP contribution in [0.2, 0.25) is 0 Å². The highest BCUT2D eigenvalue weighted by Crippen LogP contribution is 2.34. The normalized spacial score (nSPS) is 10.6. The second-order valence-electron chi connectivity index (χ2n) is 4.12. The standard InChI is InChI=1S/C14H10N2O3S/c15-13(18)8-5-12(19-6-8)10-7-20-14(16-10)9-3-1-2-4-11(9)17/h1-7,17H,(H2,15,18). The van der Waals surface area contributed by atoms with Crippen molar-refractivity contribution in [3.05, 3.63) is 47.5 Å². The van der Waals surface area contributed by atoms with Crippen LogP contribution in [0.1, 0.15) is 10.4 Å². The first kappa shape index (κ1) is 12.4. The molecule has 0 fully saturated rings. The van der Waals surface area contributed by atoms with Gasteiger partial charge in [-0.3, -0.25) is 4.79 Å². The number of para-hydroxylation sites is 1. The van der Waals surface area contributed by atoms with E-state index in [-0.39, 0.29) is 5.75 Å². The molecule has 100 valence electrons. The van der Waals surface area contributed by atoms with Crippen LogP contribution >= 0.6 is 11.3 Å². The number of rotatable bonds is 3. The molecule has 20 heavy (non-hydrogen) atoms. The molecule has 2 aromatic heterocycles. The van der Waals surface area contributed by atoms with Crippen molar-refractivity contribution in [2.75, 3.05) is 0 Å². The molecule has 0 unspecified atom stereocenters. The molecule has 0 aliphatic carbocycles. The fraction of sp³-hybridized carbons (Fsp3) is 0. The quantitative estimate of drug-likeness (QED) is 0.774. The largest absolute Gasteiger partial charge is 0.507 e. The first-order valence-electron chi connectivity index (χ1n) is 5.78. The maximum absolute atomic E-state index is 11.0. The first-order valence-corrected chi connectivity index (χ1v) is 6.65. The summed E-state index contributed by atoms with van der Waals surface area (Å²) >= 11 is 1.38. The number of carbonyl (C=O) groups excluding carboxylic acids is 1. The summed E-state index contributed by atoms with van der Waals surface area (Å²) in [6.45, 7) is 0. The number of phenols is 1. The minimum atomic E-state index is -0.545. The van der Waals surface area contributed by atoms with E-state index >= 15 is 0 Å². The number of nitrogens with two attached hydrogens (primary N) is 1. The molecule has 3 aromatic rings. The Morgan fingerprint density at radius 2 is 2.15 bits per heavy atom. The lowest BCUT2D eigenvalue weighted by Crippen LogP contribution is -2.09. The van der Waals surface area contributed by atoms with Gasteiger partial charge in [0.1, 0.15) is 22.7 Å². The third-order valence-electron chi connectivity index (χ3n) is 2.78. The summed E-state index contributed by atoms with van der Waals surface area (Å²) in [5.74, 6) is 0.0959. The van der Waals surface area contributed by atoms with Crippen LogP contribution < -0.4 is 5.73 Å². The number of carbonyl (C=O) groups is 1. The van der Waals surface area contributed by atoms with Crippen molar-refractivity contribution >= 4 is 17.2 Å². The Balaban J connectivity index is 1.98. The lowest BCUT2D eigenvalue weighted by molar-refractivity contribution is 0.0999. The molecule has 6 heteroatoms. The van der Waals surface area contributed by atoms with Crippen LogP contribution in [0, 0.1) is 0 Å². The molecule has 2 heterocycles. The van der Waals surface area contributed by atoms with Crippen LogP contribution in [0.3, 0.4) is 0 Å². The number of amides is 1. The summed E-state index contributed by atoms with van der Waals surface area (Å²) in [5.41, 5.74) is 6.73. The van der Waals surface area contributed by atoms with Gasteiger partial charge >= 0.3 is 0 Å². The smallest absolute Gasteiger partial charge is 0.251 e. The van der Waals surface area contributed by atoms with Gasteiger partial charge in [0.25, 0.3) is 5.91 Å². The lowest BCUT2D eigenvalue weighted by Gasteiger charge is -1.98. The maximum atomic E-state index is 11.0. The molecule has 0 atom stereocenters. The average molecular weight is 286 g/mol. The number of thiazole rings is 1. The van der Waals surface area contributed by atoms with Crippen LogP contribution in [-0.4, -0.2) is 16.0 Å². The van der Waals surface area contributed by atoms with E-state index in [1.54, 1.807) is 29.6 Å². The number of benzene rings is 1. The average Bonchev–Trinajstić information content (AvgIpc) is 3.08. The highest BCUT2D eigenvalue weighted by atomic mass is 32.1. The molecule has 0 radical (unpaired) electrons. The molecule has 1 amide bonds. The predicted octanol–water partition coefficient (Wildman–Crippen LogP) is 2.87. The molecule has 3 rings (SSSR count). The number of hydrogen-bond acceptors (Lipinski definition) is 5. The Kier molecular flexibility index (Phi) is 3.00. The van der Waals surface area contributed by atoms with E-state index in [4.69, 9.17) is 10.2 Å². The van der Waals surface area contributed by atoms with E-state index in [9.17, 15) is 9.90 Å². The third-order valence-corrected chi connectivity index (χ3v) is 3.65. The summed E-state index contributed by atoms with van der Waals surface area (Å²) < 4.78 is 5.27. The zero-order valence-corrected chi connectivity index (χ0v) is 11.1. The Morgan fingerprint density at radius 3 is 2.85 bits per heavy atom. The van der Waals surface area contributed by atoms with Gasteiger partial charge in [0.05, 0.1) is 11.1 Å². The van der Waals surface area contributed by atoms with Crippen molar-refractivity contribution in [1.29, 1.82) is 0 Å². The number of phenolic OH excluding ortho intramolecular Hbond substituents is 1. The van der Waals surface area contributed by atoms with E-state index < -0.39 is 5.91 Å². The number of hydrogen-bond donors (Lipinski definition) is 2. The summed E-state index contributed by atoms with van der Waals surface area (Å²) in [7, 11) is 0. The van der Waals surface area contributed by atoms with Crippen molar-refractivity contribution in [2.45, 2.75) is 0 Å². The molecule has 0 aliphatic heterocycles. The van der Waals surface area contributed by atoms with E-state index in [1.165, 1.54) is 17.6 Å². The van der Waals surface area contributed by atoms with Gasteiger partial charge < -0.3 is 15.3 Å². The fourth-order valence-corrected chi connectivity index (χ4v) is 2.61. The molecular weight excluding hydrogens is 276 g/mol. The molecular formula is C14H10N2O3S. The number of furan rings is 1. The van der Waals surface area contributed by atoms with Crippen molar-refractivity contribution in [3.8, 4) is 27.8 Å². The van der Waals surface area contributed by atoms with E-state index in [2.05, 4.69) is 4.98 Å². The molecule has 0 spiro atoms. The monoisotopic (exact) mass is 286 g/mol. The highest BCUT2D eigenvalue weighted by molar-refractivity contribution is 7.13. The molecule has 0 aliphatic rings. The molecule has 0 saturated carbocycles. The van der Waals surface area contributed by atoms with Crippen molar-refractivity contribution in [2.24, 2.45) is 5.73 Å². The number of nitrogens with zero attached hydrogens (tertiary/aromatic N) is 1. The zero-order chi connectivity index (χ0) is 14.1. The van der Waals surface area contributed by atoms with Gasteiger partial charge in [-0.05, 0) is 18.2 Å². The summed E-state index contributed by atoms with van der Waals surface area (Å²) in [6, 6.07) is 8.52. The van der Waals surface area contributed by atoms with Gasteiger partial charge in [0.2, 0.25) is 0 Å². The van der Waals surface area contributed by atoms with Gasteiger partial charge in [-0.25, -0.2) is 4.98 Å². The molecule has 1 aromatic carbocycles. The minimum Gasteiger partial charge on any atom is -0.507 e. The van der Waals surface area contributed by atoms with Gasteiger partial charge in [-0.1, -0.05) is 12.1 Å². The second-order valence-corrected chi connectivity index (χ2v) is 4.98. The van der Waals surface area contributed by atoms with Gasteiger partial charge in [-0.15, -0.1) is 11.3 Å². The maximum Gasteiger partial charge on any atom is 0.251 e. The van der Waals surface area contributed by atoms with E-state index in [0.29, 0.717) is 27.6 Å². The molecule has 3 N–H and O–H groups in total. The van der Waals surface area contributed by atoms with Crippen molar-refractivity contribution in [3.63, 3.8) is 0 Å². The topological polar surface area (TPSA) is 89.4 Å². The first-order chi connectivity index (χ1) is 9.65. The number of aromatic hydroxyl groups is 1. The summed E-state index contributed by atoms with van der Waals surface area (Å²) in [4.78, 5) is 15.4. The van der Waals surface area contributed by atoms with Crippen molar-refractivity contribution < 1.29 is 14.3 Å². The zero-order valence-electron chi connectivity index (χ0n) is 10.2. The van der Waals surface area contributed by atoms with Gasteiger partial charge in [0, 0.05) is 5.38 Å². The van der Waals surface area contributed by atoms with Crippen LogP contribution in [-0.2, 0) is 0 Å². The predicted molar refractivity (Wildman–Crippen MR) is 75.4 cm³/mol. The van der Waals surface area contributed by atoms with Crippen LogP contribution in [0.4, 0.5) is 0 Å². The number of aromatic nitrogens is 1. The second kappa shape index (κ2) is 4.82. The fourth-order valence-electron chi connectivity index (χ4n) is 1.76. The van der Waals surface area contributed by atoms with E-state index in [1.807, 2.05) is 6.07 Å². The lowest BCUT2D eigenvalue weighted by atomic mass is 10.2. The highest BCUT2D eigenvalue weighted by Gasteiger charge is 2.13. The Bertz CT molecular complexity index is 776. The Labute approximate surface area is 118 Å². The number of primary amides is 1. The minimum absolute atomic E-state index is 0.172. The molecule has 5 nitrogen and oxygen atoms in total. The third kappa shape index (κ3) is 2.17.